The summed E-state index contributed by atoms with van der Waals surface area (Å²) in [6, 6.07) is 0. The molecule has 0 amide bonds. The molecule has 0 aliphatic heterocycles. The predicted octanol–water partition coefficient (Wildman–Crippen LogP) is 23.3. The minimum Gasteiger partial charge on any atom is -0.463 e. The maximum atomic E-state index is 12.9. The fourth-order valence-corrected chi connectivity index (χ4v) is 12.2. The number of carbonyl (C=O) groups is 3. The number of rotatable bonds is 75. The SMILES string of the molecule is CC/C=C\C/C=C\C/C=C\C/C=C\C/C=C\C/C=C\CCCCC(=O)OCC(COP(=O)(O)OCC(O)COP(=O)(O)OCC(O)COC(=O)CCCCCCCCCCCCCCCCCCC/C=C\C/C=C\C/C=C\C/C=C\CCCCC)OC(=O)CCCCCCCCCCCCC. The molecule has 5 unspecified atom stereocenters. The van der Waals surface area contributed by atoms with Crippen LogP contribution in [0.2, 0.25) is 0 Å². The molecular formula is C83H144O16P2. The molecule has 4 N–H and O–H groups in total. The average Bonchev–Trinajstić information content (AvgIpc) is 0.947. The Labute approximate surface area is 614 Å². The molecule has 0 aromatic carbocycles. The highest BCUT2D eigenvalue weighted by molar-refractivity contribution is 7.47. The second kappa shape index (κ2) is 75.6. The van der Waals surface area contributed by atoms with Crippen molar-refractivity contribution in [3.8, 4) is 0 Å². The van der Waals surface area contributed by atoms with Crippen molar-refractivity contribution in [3.63, 3.8) is 0 Å². The van der Waals surface area contributed by atoms with Gasteiger partial charge in [0.05, 0.1) is 26.4 Å². The van der Waals surface area contributed by atoms with Crippen molar-refractivity contribution in [2.45, 2.75) is 347 Å². The number of ether oxygens (including phenoxy) is 3. The van der Waals surface area contributed by atoms with Crippen LogP contribution < -0.4 is 0 Å². The third kappa shape index (κ3) is 76.9. The van der Waals surface area contributed by atoms with Gasteiger partial charge in [0.1, 0.15) is 25.4 Å². The van der Waals surface area contributed by atoms with E-state index in [-0.39, 0.29) is 19.3 Å². The van der Waals surface area contributed by atoms with Crippen molar-refractivity contribution < 1.29 is 75.8 Å². The summed E-state index contributed by atoms with van der Waals surface area (Å²) in [5.74, 6) is -1.62. The van der Waals surface area contributed by atoms with Gasteiger partial charge in [0.2, 0.25) is 0 Å². The van der Waals surface area contributed by atoms with E-state index in [0.29, 0.717) is 19.3 Å². The third-order valence-electron chi connectivity index (χ3n) is 16.7. The smallest absolute Gasteiger partial charge is 0.463 e. The summed E-state index contributed by atoms with van der Waals surface area (Å²) in [6.45, 7) is 2.49. The van der Waals surface area contributed by atoms with E-state index in [4.69, 9.17) is 32.3 Å². The second-order valence-electron chi connectivity index (χ2n) is 26.5. The highest BCUT2D eigenvalue weighted by Crippen LogP contribution is 2.45. The van der Waals surface area contributed by atoms with E-state index >= 15 is 0 Å². The topological polar surface area (TPSA) is 231 Å². The first-order valence-corrected chi connectivity index (χ1v) is 42.8. The average molecular weight is 1460 g/mol. The minimum atomic E-state index is -4.93. The molecule has 101 heavy (non-hydrogen) atoms. The maximum absolute atomic E-state index is 12.9. The number of allylic oxidation sites excluding steroid dienone is 20. The first-order chi connectivity index (χ1) is 49.2. The zero-order chi connectivity index (χ0) is 73.7. The van der Waals surface area contributed by atoms with Gasteiger partial charge >= 0.3 is 33.6 Å². The van der Waals surface area contributed by atoms with Crippen LogP contribution in [0.5, 0.6) is 0 Å². The molecule has 0 aliphatic carbocycles. The monoisotopic (exact) mass is 1460 g/mol. The Morgan fingerprint density at radius 2 is 0.525 bits per heavy atom. The van der Waals surface area contributed by atoms with Gasteiger partial charge in [-0.1, -0.05) is 316 Å². The summed E-state index contributed by atoms with van der Waals surface area (Å²) in [5.41, 5.74) is 0. The molecule has 0 saturated heterocycles. The lowest BCUT2D eigenvalue weighted by Crippen LogP contribution is -2.30. The quantitative estimate of drug-likeness (QED) is 0.0146. The summed E-state index contributed by atoms with van der Waals surface area (Å²) < 4.78 is 61.0. The van der Waals surface area contributed by atoms with E-state index in [1.807, 2.05) is 0 Å². The predicted molar refractivity (Wildman–Crippen MR) is 417 cm³/mol. The lowest BCUT2D eigenvalue weighted by molar-refractivity contribution is -0.161. The van der Waals surface area contributed by atoms with Crippen LogP contribution in [0.1, 0.15) is 329 Å². The van der Waals surface area contributed by atoms with Gasteiger partial charge in [0, 0.05) is 19.3 Å². The van der Waals surface area contributed by atoms with E-state index in [0.717, 1.165) is 116 Å². The van der Waals surface area contributed by atoms with Crippen LogP contribution in [0.15, 0.2) is 122 Å². The van der Waals surface area contributed by atoms with E-state index in [1.54, 1.807) is 0 Å². The summed E-state index contributed by atoms with van der Waals surface area (Å²) in [5, 5.41) is 20.6. The fourth-order valence-electron chi connectivity index (χ4n) is 10.6. The number of carbonyl (C=O) groups excluding carboxylic acids is 3. The molecule has 0 aromatic rings. The van der Waals surface area contributed by atoms with Crippen LogP contribution in [0.3, 0.4) is 0 Å². The Morgan fingerprint density at radius 1 is 0.287 bits per heavy atom. The third-order valence-corrected chi connectivity index (χ3v) is 18.6. The van der Waals surface area contributed by atoms with E-state index in [9.17, 15) is 43.5 Å². The summed E-state index contributed by atoms with van der Waals surface area (Å²) in [4.78, 5) is 58.5. The number of aliphatic hydroxyl groups is 2. The Hall–Kier alpha value is -4.05. The number of phosphoric acid groups is 2. The standard InChI is InChI=1S/C83H144O16P2/c1-4-7-10-13-16-19-22-24-26-28-30-32-33-34-35-36-37-38-39-40-41-42-43-45-47-48-50-52-55-57-60-63-66-69-81(86)93-72-78(84)73-95-100(89,90)96-74-79(85)75-97-101(91,92)98-77-80(99-83(88)71-68-65-62-59-54-21-18-15-12-9-6-3)76-94-82(87)70-67-64-61-58-56-53-51-49-46-44-31-29-27-25-23-20-17-14-11-8-5-2/h8,11,16-17,19-20,24-27,30-32,34-35,44,49,51,56,58,78-80,84-85H,4-7,9-10,12-15,18,21-23,28-29,33,36-43,45-48,50,52-55,57,59-77H2,1-3H3,(H,89,90)(H,91,92)/b11-8-,19-16-,20-17-,26-24-,27-25-,32-30-,35-34-,44-31-,51-49-,58-56-. The lowest BCUT2D eigenvalue weighted by atomic mass is 10.0. The van der Waals surface area contributed by atoms with Crippen molar-refractivity contribution in [2.75, 3.05) is 39.6 Å². The lowest BCUT2D eigenvalue weighted by Gasteiger charge is -2.21. The van der Waals surface area contributed by atoms with Gasteiger partial charge in [-0.3, -0.25) is 32.5 Å². The largest absolute Gasteiger partial charge is 0.472 e. The maximum Gasteiger partial charge on any atom is 0.472 e. The molecule has 0 fully saturated rings. The van der Waals surface area contributed by atoms with Crippen molar-refractivity contribution in [2.24, 2.45) is 0 Å². The van der Waals surface area contributed by atoms with Crippen molar-refractivity contribution in [1.82, 2.24) is 0 Å². The van der Waals surface area contributed by atoms with Crippen LogP contribution in [0, 0.1) is 0 Å². The molecule has 0 heterocycles. The molecule has 0 bridgehead atoms. The molecule has 0 rings (SSSR count). The first kappa shape index (κ1) is 97.0. The normalized spacial score (nSPS) is 14.6. The molecule has 5 atom stereocenters. The molecule has 582 valence electrons. The van der Waals surface area contributed by atoms with Crippen LogP contribution in [-0.4, -0.2) is 95.9 Å². The molecule has 0 aliphatic rings. The van der Waals surface area contributed by atoms with Gasteiger partial charge in [0.25, 0.3) is 0 Å². The van der Waals surface area contributed by atoms with Gasteiger partial charge in [0.15, 0.2) is 6.10 Å². The van der Waals surface area contributed by atoms with E-state index < -0.39 is 91.5 Å². The van der Waals surface area contributed by atoms with Crippen molar-refractivity contribution in [3.05, 3.63) is 122 Å². The summed E-state index contributed by atoms with van der Waals surface area (Å²) >= 11 is 0. The first-order valence-electron chi connectivity index (χ1n) is 39.8. The highest BCUT2D eigenvalue weighted by Gasteiger charge is 2.29. The number of unbranched alkanes of at least 4 members (excludes halogenated alkanes) is 32. The molecule has 0 aromatic heterocycles. The summed E-state index contributed by atoms with van der Waals surface area (Å²) in [6.07, 6.45) is 89.9. The van der Waals surface area contributed by atoms with Crippen LogP contribution in [0.4, 0.5) is 0 Å². The fraction of sp³-hybridized carbons (Fsp3) is 0.723. The Balaban J connectivity index is 4.40. The van der Waals surface area contributed by atoms with Crippen LogP contribution in [-0.2, 0) is 55.8 Å². The Bertz CT molecular complexity index is 2320. The Morgan fingerprint density at radius 3 is 0.871 bits per heavy atom. The molecular weight excluding hydrogens is 1310 g/mol. The second-order valence-corrected chi connectivity index (χ2v) is 29.4. The molecule has 0 radical (unpaired) electrons. The Kier molecular flexibility index (Phi) is 72.6. The van der Waals surface area contributed by atoms with Gasteiger partial charge in [-0.25, -0.2) is 9.13 Å². The van der Waals surface area contributed by atoms with Gasteiger partial charge in [-0.2, -0.15) is 0 Å². The summed E-state index contributed by atoms with van der Waals surface area (Å²) in [7, 11) is -9.79. The van der Waals surface area contributed by atoms with Crippen LogP contribution in [0.25, 0.3) is 0 Å². The van der Waals surface area contributed by atoms with Crippen molar-refractivity contribution >= 4 is 33.6 Å². The van der Waals surface area contributed by atoms with Gasteiger partial charge in [-0.15, -0.1) is 0 Å². The molecule has 0 spiro atoms. The zero-order valence-electron chi connectivity index (χ0n) is 63.5. The van der Waals surface area contributed by atoms with Crippen molar-refractivity contribution in [1.29, 1.82) is 0 Å². The number of hydrogen-bond acceptors (Lipinski definition) is 14. The number of hydrogen-bond donors (Lipinski definition) is 4. The molecule has 18 heteroatoms. The van der Waals surface area contributed by atoms with E-state index in [2.05, 4.69) is 142 Å². The van der Waals surface area contributed by atoms with Crippen LogP contribution >= 0.6 is 15.6 Å². The molecule has 0 saturated carbocycles. The highest BCUT2D eigenvalue weighted by atomic mass is 31.2. The number of aliphatic hydroxyl groups excluding tert-OH is 2. The van der Waals surface area contributed by atoms with Gasteiger partial charge < -0.3 is 34.2 Å². The zero-order valence-corrected chi connectivity index (χ0v) is 65.3. The van der Waals surface area contributed by atoms with E-state index in [1.165, 1.54) is 154 Å². The molecule has 16 nitrogen and oxygen atoms in total. The number of esters is 3. The minimum absolute atomic E-state index is 0.0953. The van der Waals surface area contributed by atoms with Gasteiger partial charge in [-0.05, 0) is 116 Å². The number of phosphoric ester groups is 2.